The summed E-state index contributed by atoms with van der Waals surface area (Å²) < 4.78 is 66.9. The molecule has 0 fully saturated rings. The van der Waals surface area contributed by atoms with Gasteiger partial charge in [0.1, 0.15) is 0 Å². The van der Waals surface area contributed by atoms with Gasteiger partial charge in [0.15, 0.2) is 0 Å². The van der Waals surface area contributed by atoms with Crippen molar-refractivity contribution in [2.75, 3.05) is 0 Å². The van der Waals surface area contributed by atoms with E-state index in [0.29, 0.717) is 0 Å². The van der Waals surface area contributed by atoms with Gasteiger partial charge in [-0.1, -0.05) is 12.1 Å². The van der Waals surface area contributed by atoms with Crippen LogP contribution in [-0.4, -0.2) is 24.2 Å². The summed E-state index contributed by atoms with van der Waals surface area (Å²) in [4.78, 5) is -0.783. The number of nitrogens with one attached hydrogen (secondary N) is 1. The third kappa shape index (κ3) is 3.86. The molecule has 5 nitrogen and oxygen atoms in total. The minimum Gasteiger partial charge on any atom is -0.271 e. The van der Waals surface area contributed by atoms with Crippen molar-refractivity contribution in [1.82, 2.24) is 14.5 Å². The van der Waals surface area contributed by atoms with Crippen molar-refractivity contribution in [2.45, 2.75) is 30.6 Å². The first-order valence-electron chi connectivity index (χ1n) is 6.36. The number of hydrogen-bond acceptors (Lipinski definition) is 3. The van der Waals surface area contributed by atoms with Gasteiger partial charge >= 0.3 is 6.18 Å². The summed E-state index contributed by atoms with van der Waals surface area (Å²) in [5, 5.41) is 3.92. The Morgan fingerprint density at radius 3 is 2.55 bits per heavy atom. The summed E-state index contributed by atoms with van der Waals surface area (Å²) in [5.41, 5.74) is -1.19. The fraction of sp³-hybridized carbons (Fsp3) is 0.308. The van der Waals surface area contributed by atoms with E-state index in [1.807, 2.05) is 0 Å². The Kier molecular flexibility index (Phi) is 4.57. The molecule has 0 aliphatic heterocycles. The molecule has 0 aliphatic carbocycles. The largest absolute Gasteiger partial charge is 0.417 e. The maximum absolute atomic E-state index is 12.9. The van der Waals surface area contributed by atoms with Crippen molar-refractivity contribution in [3.05, 3.63) is 48.3 Å². The Labute approximate surface area is 125 Å². The monoisotopic (exact) mass is 333 g/mol. The Morgan fingerprint density at radius 1 is 1.27 bits per heavy atom. The molecule has 120 valence electrons. The van der Waals surface area contributed by atoms with Crippen LogP contribution in [0.4, 0.5) is 13.2 Å². The first kappa shape index (κ1) is 16.5. The maximum atomic E-state index is 12.9. The molecule has 0 radical (unpaired) electrons. The quantitative estimate of drug-likeness (QED) is 0.913. The minimum atomic E-state index is -4.74. The molecule has 0 saturated carbocycles. The second-order valence-corrected chi connectivity index (χ2v) is 6.43. The van der Waals surface area contributed by atoms with E-state index in [1.165, 1.54) is 16.9 Å². The predicted molar refractivity (Wildman–Crippen MR) is 73.5 cm³/mol. The number of halogens is 3. The van der Waals surface area contributed by atoms with Crippen molar-refractivity contribution in [3.63, 3.8) is 0 Å². The summed E-state index contributed by atoms with van der Waals surface area (Å²) in [6.07, 6.45) is -1.58. The second-order valence-electron chi connectivity index (χ2n) is 4.74. The molecule has 1 aromatic carbocycles. The molecule has 0 aliphatic rings. The van der Waals surface area contributed by atoms with E-state index >= 15 is 0 Å². The van der Waals surface area contributed by atoms with E-state index < -0.39 is 32.7 Å². The van der Waals surface area contributed by atoms with Crippen molar-refractivity contribution in [2.24, 2.45) is 0 Å². The van der Waals surface area contributed by atoms with E-state index in [9.17, 15) is 21.6 Å². The average Bonchev–Trinajstić information content (AvgIpc) is 2.89. The van der Waals surface area contributed by atoms with Crippen molar-refractivity contribution in [1.29, 1.82) is 0 Å². The Bertz CT molecular complexity index is 727. The van der Waals surface area contributed by atoms with Crippen LogP contribution >= 0.6 is 0 Å². The van der Waals surface area contributed by atoms with Crippen LogP contribution in [-0.2, 0) is 22.7 Å². The van der Waals surface area contributed by atoms with Gasteiger partial charge in [0.2, 0.25) is 10.0 Å². The third-order valence-electron chi connectivity index (χ3n) is 2.86. The van der Waals surface area contributed by atoms with E-state index in [-0.39, 0.29) is 6.54 Å². The van der Waals surface area contributed by atoms with Crippen molar-refractivity contribution in [3.8, 4) is 0 Å². The minimum absolute atomic E-state index is 0.209. The van der Waals surface area contributed by atoms with Gasteiger partial charge in [-0.2, -0.15) is 18.3 Å². The van der Waals surface area contributed by atoms with Gasteiger partial charge in [-0.3, -0.25) is 4.68 Å². The molecule has 2 rings (SSSR count). The van der Waals surface area contributed by atoms with Crippen molar-refractivity contribution >= 4 is 10.0 Å². The van der Waals surface area contributed by atoms with Crippen LogP contribution < -0.4 is 4.72 Å². The highest BCUT2D eigenvalue weighted by Crippen LogP contribution is 2.33. The van der Waals surface area contributed by atoms with Crippen LogP contribution in [0.1, 0.15) is 12.5 Å². The van der Waals surface area contributed by atoms with Gasteiger partial charge in [0.25, 0.3) is 0 Å². The Morgan fingerprint density at radius 2 is 1.95 bits per heavy atom. The molecule has 0 spiro atoms. The summed E-state index contributed by atoms with van der Waals surface area (Å²) in [6, 6.07) is 5.13. The van der Waals surface area contributed by atoms with Gasteiger partial charge in [0, 0.05) is 18.4 Å². The zero-order valence-electron chi connectivity index (χ0n) is 11.6. The first-order valence-corrected chi connectivity index (χ1v) is 7.84. The zero-order valence-corrected chi connectivity index (χ0v) is 12.4. The first-order chi connectivity index (χ1) is 10.2. The number of aromatic nitrogens is 2. The normalized spacial score (nSPS) is 14.0. The number of benzene rings is 1. The summed E-state index contributed by atoms with van der Waals surface area (Å²) in [6.45, 7) is 1.76. The van der Waals surface area contributed by atoms with E-state index in [0.717, 1.165) is 18.2 Å². The topological polar surface area (TPSA) is 64.0 Å². The molecular formula is C13H14F3N3O2S. The van der Waals surface area contributed by atoms with Crippen LogP contribution in [0.25, 0.3) is 0 Å². The van der Waals surface area contributed by atoms with Crippen LogP contribution in [0, 0.1) is 0 Å². The molecule has 0 saturated heterocycles. The lowest BCUT2D eigenvalue weighted by Crippen LogP contribution is -2.36. The molecule has 0 bridgehead atoms. The molecule has 2 aromatic rings. The molecule has 1 heterocycles. The molecule has 22 heavy (non-hydrogen) atoms. The molecule has 0 unspecified atom stereocenters. The summed E-state index contributed by atoms with van der Waals surface area (Å²) in [7, 11) is -4.29. The van der Waals surface area contributed by atoms with E-state index in [4.69, 9.17) is 0 Å². The van der Waals surface area contributed by atoms with Gasteiger partial charge in [-0.25, -0.2) is 13.1 Å². The van der Waals surface area contributed by atoms with Crippen LogP contribution in [0.5, 0.6) is 0 Å². The maximum Gasteiger partial charge on any atom is 0.417 e. The smallest absolute Gasteiger partial charge is 0.271 e. The predicted octanol–water partition coefficient (Wildman–Crippen LogP) is 2.27. The number of nitrogens with zero attached hydrogens (tertiary/aromatic N) is 2. The van der Waals surface area contributed by atoms with Crippen LogP contribution in [0.15, 0.2) is 47.6 Å². The fourth-order valence-corrected chi connectivity index (χ4v) is 3.45. The zero-order chi connectivity index (χ0) is 16.4. The van der Waals surface area contributed by atoms with Crippen LogP contribution in [0.3, 0.4) is 0 Å². The number of alkyl halides is 3. The standard InChI is InChI=1S/C13H14F3N3O2S/c1-10(9-19-8-4-7-17-19)18-22(20,21)12-6-3-2-5-11(12)13(14,15)16/h2-8,10,18H,9H2,1H3/t10-/m1/s1. The second kappa shape index (κ2) is 6.09. The molecule has 1 atom stereocenters. The van der Waals surface area contributed by atoms with E-state index in [1.54, 1.807) is 19.2 Å². The number of hydrogen-bond donors (Lipinski definition) is 1. The molecule has 1 aromatic heterocycles. The van der Waals surface area contributed by atoms with Gasteiger partial charge < -0.3 is 0 Å². The number of sulfonamides is 1. The Balaban J connectivity index is 2.24. The lowest BCUT2D eigenvalue weighted by Gasteiger charge is -2.17. The fourth-order valence-electron chi connectivity index (χ4n) is 1.99. The molecule has 9 heteroatoms. The van der Waals surface area contributed by atoms with Crippen LogP contribution in [0.2, 0.25) is 0 Å². The van der Waals surface area contributed by atoms with Gasteiger partial charge in [-0.05, 0) is 25.1 Å². The van der Waals surface area contributed by atoms with Gasteiger partial charge in [0.05, 0.1) is 17.0 Å². The molecular weight excluding hydrogens is 319 g/mol. The molecule has 0 amide bonds. The highest BCUT2D eigenvalue weighted by molar-refractivity contribution is 7.89. The summed E-state index contributed by atoms with van der Waals surface area (Å²) >= 11 is 0. The highest BCUT2D eigenvalue weighted by Gasteiger charge is 2.37. The average molecular weight is 333 g/mol. The van der Waals surface area contributed by atoms with Gasteiger partial charge in [-0.15, -0.1) is 0 Å². The van der Waals surface area contributed by atoms with Crippen molar-refractivity contribution < 1.29 is 21.6 Å². The Hall–Kier alpha value is -1.87. The highest BCUT2D eigenvalue weighted by atomic mass is 32.2. The lowest BCUT2D eigenvalue weighted by atomic mass is 10.2. The summed E-state index contributed by atoms with van der Waals surface area (Å²) in [5.74, 6) is 0. The SMILES string of the molecule is C[C@H](Cn1cccn1)NS(=O)(=O)c1ccccc1C(F)(F)F. The molecule has 1 N–H and O–H groups in total. The van der Waals surface area contributed by atoms with E-state index in [2.05, 4.69) is 9.82 Å². The lowest BCUT2D eigenvalue weighted by molar-refractivity contribution is -0.139. The number of rotatable bonds is 5. The third-order valence-corrected chi connectivity index (χ3v) is 4.51.